The van der Waals surface area contributed by atoms with Gasteiger partial charge < -0.3 is 10.6 Å². The van der Waals surface area contributed by atoms with Crippen molar-refractivity contribution in [3.63, 3.8) is 0 Å². The molecule has 7 heteroatoms. The van der Waals surface area contributed by atoms with E-state index in [4.69, 9.17) is 5.73 Å². The topological polar surface area (TPSA) is 71.2 Å². The first kappa shape index (κ1) is 16.9. The molecule has 1 saturated heterocycles. The Labute approximate surface area is 153 Å². The lowest BCUT2D eigenvalue weighted by atomic mass is 9.78. The van der Waals surface area contributed by atoms with Crippen molar-refractivity contribution in [3.8, 4) is 0 Å². The van der Waals surface area contributed by atoms with Crippen molar-refractivity contribution in [2.24, 2.45) is 5.73 Å². The van der Waals surface area contributed by atoms with Crippen molar-refractivity contribution in [1.29, 1.82) is 0 Å². The van der Waals surface area contributed by atoms with E-state index in [0.717, 1.165) is 62.2 Å². The van der Waals surface area contributed by atoms with Gasteiger partial charge in [0.2, 0.25) is 0 Å². The van der Waals surface area contributed by atoms with Crippen LogP contribution in [-0.4, -0.2) is 52.1 Å². The molecule has 2 N–H and O–H groups in total. The highest BCUT2D eigenvalue weighted by molar-refractivity contribution is 7.09. The Hall–Kier alpha value is -1.57. The van der Waals surface area contributed by atoms with E-state index in [9.17, 15) is 0 Å². The standard InChI is InChI=1S/C18H26N6S/c1-12-20-17(14-7-15(19)8-14)9-18(21-12)24-5-3-23(4-6-24)10-16-11-25-13(2)22-16/h9,11,14-15H,3-8,10,19H2,1-2H3. The summed E-state index contributed by atoms with van der Waals surface area (Å²) in [5.74, 6) is 2.46. The Bertz CT molecular complexity index is 731. The van der Waals surface area contributed by atoms with Crippen LogP contribution in [0, 0.1) is 13.8 Å². The molecule has 0 amide bonds. The highest BCUT2D eigenvalue weighted by atomic mass is 32.1. The van der Waals surface area contributed by atoms with E-state index in [2.05, 4.69) is 43.1 Å². The number of rotatable bonds is 4. The highest BCUT2D eigenvalue weighted by Crippen LogP contribution is 2.35. The molecule has 1 aliphatic carbocycles. The molecule has 2 aliphatic rings. The molecule has 0 spiro atoms. The second-order valence-electron chi connectivity index (χ2n) is 7.25. The van der Waals surface area contributed by atoms with Crippen LogP contribution in [0.15, 0.2) is 11.4 Å². The van der Waals surface area contributed by atoms with Gasteiger partial charge in [-0.25, -0.2) is 15.0 Å². The third-order valence-electron chi connectivity index (χ3n) is 5.19. The highest BCUT2D eigenvalue weighted by Gasteiger charge is 2.29. The number of aromatic nitrogens is 3. The predicted octanol–water partition coefficient (Wildman–Crippen LogP) is 2.08. The van der Waals surface area contributed by atoms with Crippen molar-refractivity contribution >= 4 is 17.2 Å². The Kier molecular flexibility index (Phi) is 4.71. The van der Waals surface area contributed by atoms with Gasteiger partial charge >= 0.3 is 0 Å². The first-order chi connectivity index (χ1) is 12.1. The Morgan fingerprint density at radius 1 is 1.12 bits per heavy atom. The second kappa shape index (κ2) is 6.97. The van der Waals surface area contributed by atoms with E-state index < -0.39 is 0 Å². The predicted molar refractivity (Wildman–Crippen MR) is 101 cm³/mol. The molecule has 0 unspecified atom stereocenters. The van der Waals surface area contributed by atoms with Gasteiger partial charge in [-0.1, -0.05) is 0 Å². The average molecular weight is 359 g/mol. The van der Waals surface area contributed by atoms with Crippen LogP contribution in [0.1, 0.15) is 41.0 Å². The molecule has 3 heterocycles. The van der Waals surface area contributed by atoms with Gasteiger partial charge in [0, 0.05) is 61.8 Å². The molecule has 0 aromatic carbocycles. The maximum Gasteiger partial charge on any atom is 0.132 e. The van der Waals surface area contributed by atoms with Gasteiger partial charge in [-0.15, -0.1) is 11.3 Å². The van der Waals surface area contributed by atoms with Gasteiger partial charge in [0.1, 0.15) is 11.6 Å². The van der Waals surface area contributed by atoms with Gasteiger partial charge in [0.25, 0.3) is 0 Å². The van der Waals surface area contributed by atoms with Crippen molar-refractivity contribution in [2.75, 3.05) is 31.1 Å². The summed E-state index contributed by atoms with van der Waals surface area (Å²) in [6.45, 7) is 9.10. The van der Waals surface area contributed by atoms with Crippen molar-refractivity contribution < 1.29 is 0 Å². The molecule has 0 radical (unpaired) electrons. The molecule has 0 atom stereocenters. The summed E-state index contributed by atoms with van der Waals surface area (Å²) in [5.41, 5.74) is 8.30. The average Bonchev–Trinajstić information content (AvgIpc) is 2.97. The minimum atomic E-state index is 0.349. The lowest BCUT2D eigenvalue weighted by molar-refractivity contribution is 0.247. The molecule has 1 saturated carbocycles. The second-order valence-corrected chi connectivity index (χ2v) is 8.31. The zero-order valence-electron chi connectivity index (χ0n) is 15.0. The Morgan fingerprint density at radius 3 is 2.52 bits per heavy atom. The minimum Gasteiger partial charge on any atom is -0.354 e. The molecule has 2 aromatic rings. The smallest absolute Gasteiger partial charge is 0.132 e. The number of nitrogens with zero attached hydrogens (tertiary/aromatic N) is 5. The zero-order chi connectivity index (χ0) is 17.4. The number of aryl methyl sites for hydroxylation is 2. The van der Waals surface area contributed by atoms with Crippen LogP contribution < -0.4 is 10.6 Å². The van der Waals surface area contributed by atoms with Gasteiger partial charge in [0.05, 0.1) is 10.7 Å². The molecule has 2 aromatic heterocycles. The van der Waals surface area contributed by atoms with Crippen molar-refractivity contribution in [1.82, 2.24) is 19.9 Å². The third-order valence-corrected chi connectivity index (χ3v) is 6.01. The molecule has 25 heavy (non-hydrogen) atoms. The summed E-state index contributed by atoms with van der Waals surface area (Å²) in [6, 6.07) is 2.53. The monoisotopic (exact) mass is 358 g/mol. The summed E-state index contributed by atoms with van der Waals surface area (Å²) in [4.78, 5) is 18.8. The quantitative estimate of drug-likeness (QED) is 0.902. The number of piperazine rings is 1. The summed E-state index contributed by atoms with van der Waals surface area (Å²) in [6.07, 6.45) is 2.10. The molecular formula is C18H26N6S. The summed E-state index contributed by atoms with van der Waals surface area (Å²) < 4.78 is 0. The third kappa shape index (κ3) is 3.83. The van der Waals surface area contributed by atoms with Crippen LogP contribution in [0.5, 0.6) is 0 Å². The lowest BCUT2D eigenvalue weighted by Crippen LogP contribution is -2.46. The molecule has 0 bridgehead atoms. The fraction of sp³-hybridized carbons (Fsp3) is 0.611. The molecule has 6 nitrogen and oxygen atoms in total. The van der Waals surface area contributed by atoms with E-state index >= 15 is 0 Å². The zero-order valence-corrected chi connectivity index (χ0v) is 15.8. The number of anilines is 1. The fourth-order valence-electron chi connectivity index (χ4n) is 3.69. The maximum absolute atomic E-state index is 5.94. The Morgan fingerprint density at radius 2 is 1.88 bits per heavy atom. The van der Waals surface area contributed by atoms with Gasteiger partial charge in [-0.3, -0.25) is 4.90 Å². The van der Waals surface area contributed by atoms with Crippen molar-refractivity contribution in [3.05, 3.63) is 33.7 Å². The largest absolute Gasteiger partial charge is 0.354 e. The number of hydrogen-bond donors (Lipinski definition) is 1. The first-order valence-electron chi connectivity index (χ1n) is 9.06. The molecule has 1 aliphatic heterocycles. The normalized spacial score (nSPS) is 24.4. The lowest BCUT2D eigenvalue weighted by Gasteiger charge is -2.36. The maximum atomic E-state index is 5.94. The van der Waals surface area contributed by atoms with Crippen molar-refractivity contribution in [2.45, 2.75) is 45.2 Å². The van der Waals surface area contributed by atoms with E-state index in [1.807, 2.05) is 6.92 Å². The number of hydrogen-bond acceptors (Lipinski definition) is 7. The molecule has 2 fully saturated rings. The van der Waals surface area contributed by atoms with Crippen LogP contribution in [0.25, 0.3) is 0 Å². The molecule has 134 valence electrons. The number of thiazole rings is 1. The minimum absolute atomic E-state index is 0.349. The SMILES string of the molecule is Cc1nc(C2CC(N)C2)cc(N2CCN(Cc3csc(C)n3)CC2)n1. The summed E-state index contributed by atoms with van der Waals surface area (Å²) in [7, 11) is 0. The van der Waals surface area contributed by atoms with E-state index in [0.29, 0.717) is 12.0 Å². The molecule has 4 rings (SSSR count). The summed E-state index contributed by atoms with van der Waals surface area (Å²) >= 11 is 1.73. The number of nitrogens with two attached hydrogens (primary N) is 1. The van der Waals surface area contributed by atoms with Crippen LogP contribution in [0.3, 0.4) is 0 Å². The van der Waals surface area contributed by atoms with Crippen LogP contribution >= 0.6 is 11.3 Å². The summed E-state index contributed by atoms with van der Waals surface area (Å²) in [5, 5.41) is 3.32. The first-order valence-corrected chi connectivity index (χ1v) is 9.94. The Balaban J connectivity index is 1.38. The van der Waals surface area contributed by atoms with Gasteiger partial charge in [-0.05, 0) is 26.7 Å². The van der Waals surface area contributed by atoms with Gasteiger partial charge in [-0.2, -0.15) is 0 Å². The van der Waals surface area contributed by atoms with Gasteiger partial charge in [0.15, 0.2) is 0 Å². The van der Waals surface area contributed by atoms with Crippen LogP contribution in [-0.2, 0) is 6.54 Å². The van der Waals surface area contributed by atoms with Crippen LogP contribution in [0.4, 0.5) is 5.82 Å². The van der Waals surface area contributed by atoms with E-state index in [1.54, 1.807) is 11.3 Å². The molecular weight excluding hydrogens is 332 g/mol. The van der Waals surface area contributed by atoms with Crippen LogP contribution in [0.2, 0.25) is 0 Å². The van der Waals surface area contributed by atoms with E-state index in [1.165, 1.54) is 11.4 Å². The fourth-order valence-corrected chi connectivity index (χ4v) is 4.30. The van der Waals surface area contributed by atoms with E-state index in [-0.39, 0.29) is 0 Å².